The topological polar surface area (TPSA) is 99.3 Å². The Morgan fingerprint density at radius 2 is 1.70 bits per heavy atom. The van der Waals surface area contributed by atoms with Gasteiger partial charge in [0.05, 0.1) is 16.9 Å². The van der Waals surface area contributed by atoms with Crippen molar-refractivity contribution >= 4 is 46.5 Å². The van der Waals surface area contributed by atoms with Crippen LogP contribution in [-0.2, 0) is 14.4 Å². The second-order valence-electron chi connectivity index (χ2n) is 10.5. The Bertz CT molecular complexity index is 1480. The zero-order chi connectivity index (χ0) is 25.4. The number of hydrogen-bond donors (Lipinski definition) is 2. The van der Waals surface area contributed by atoms with Crippen molar-refractivity contribution in [2.45, 2.75) is 29.5 Å². The highest BCUT2D eigenvalue weighted by Crippen LogP contribution is 2.68. The van der Waals surface area contributed by atoms with E-state index in [1.165, 1.54) is 16.2 Å². The number of carbonyl (C=O) groups is 3. The summed E-state index contributed by atoms with van der Waals surface area (Å²) in [6.07, 6.45) is 0.834. The van der Waals surface area contributed by atoms with Gasteiger partial charge in [0.2, 0.25) is 17.7 Å². The van der Waals surface area contributed by atoms with Crippen molar-refractivity contribution in [3.8, 4) is 0 Å². The number of carbonyl (C=O) groups excluding carboxylic acids is 3. The molecule has 2 aliphatic heterocycles. The number of H-pyrrole nitrogens is 1. The van der Waals surface area contributed by atoms with Crippen molar-refractivity contribution in [1.29, 1.82) is 0 Å². The number of aryl methyl sites for hydroxylation is 1. The first-order chi connectivity index (χ1) is 17.9. The van der Waals surface area contributed by atoms with E-state index in [4.69, 9.17) is 0 Å². The van der Waals surface area contributed by atoms with Gasteiger partial charge in [0.15, 0.2) is 0 Å². The van der Waals surface area contributed by atoms with Gasteiger partial charge in [-0.3, -0.25) is 24.1 Å². The number of anilines is 1. The van der Waals surface area contributed by atoms with Crippen LogP contribution >= 0.6 is 23.1 Å². The fourth-order valence-electron chi connectivity index (χ4n) is 7.25. The Morgan fingerprint density at radius 3 is 2.43 bits per heavy atom. The summed E-state index contributed by atoms with van der Waals surface area (Å²) < 4.78 is 0. The fourth-order valence-corrected chi connectivity index (χ4v) is 10.1. The molecule has 0 spiro atoms. The van der Waals surface area contributed by atoms with Crippen molar-refractivity contribution in [2.75, 3.05) is 11.9 Å². The van der Waals surface area contributed by atoms with Gasteiger partial charge in [0.1, 0.15) is 6.54 Å². The molecule has 3 aromatic rings. The fraction of sp³-hybridized carbons (Fsp3) is 0.357. The Hall–Kier alpha value is -3.17. The average molecular weight is 532 g/mol. The molecule has 7 nitrogen and oxygen atoms in total. The molecule has 3 heterocycles. The molecule has 1 aromatic heterocycles. The van der Waals surface area contributed by atoms with E-state index in [1.54, 1.807) is 11.8 Å². The van der Waals surface area contributed by atoms with E-state index in [1.807, 2.05) is 49.4 Å². The van der Waals surface area contributed by atoms with Crippen molar-refractivity contribution in [1.82, 2.24) is 9.88 Å². The zero-order valence-corrected chi connectivity index (χ0v) is 21.7. The minimum absolute atomic E-state index is 0.0177. The Kier molecular flexibility index (Phi) is 5.23. The number of aromatic amines is 1. The first-order valence-electron chi connectivity index (χ1n) is 12.6. The van der Waals surface area contributed by atoms with Gasteiger partial charge in [-0.1, -0.05) is 59.4 Å². The highest BCUT2D eigenvalue weighted by molar-refractivity contribution is 8.00. The molecule has 7 rings (SSSR count). The van der Waals surface area contributed by atoms with Crippen LogP contribution in [0, 0.1) is 36.5 Å². The number of likely N-dealkylation sites (tertiary alicyclic amines) is 1. The molecule has 37 heavy (non-hydrogen) atoms. The second kappa shape index (κ2) is 8.43. The number of benzene rings is 2. The van der Waals surface area contributed by atoms with Gasteiger partial charge in [-0.05, 0) is 48.8 Å². The molecule has 2 bridgehead atoms. The molecular formula is C28H25N3O4S2. The van der Waals surface area contributed by atoms with Gasteiger partial charge in [-0.15, -0.1) is 11.8 Å². The summed E-state index contributed by atoms with van der Waals surface area (Å²) in [6.45, 7) is 1.71. The number of thiazole rings is 1. The number of imide groups is 1. The molecular weight excluding hydrogens is 506 g/mol. The minimum atomic E-state index is -0.394. The van der Waals surface area contributed by atoms with Crippen molar-refractivity contribution in [3.63, 3.8) is 0 Å². The van der Waals surface area contributed by atoms with Crippen LogP contribution in [0.25, 0.3) is 0 Å². The van der Waals surface area contributed by atoms with Gasteiger partial charge in [-0.25, -0.2) is 0 Å². The molecule has 2 aromatic carbocycles. The SMILES string of the molecule is Cc1ccc(NC(=O)CN2C(=O)[C@@H]3[C@H]4C[C@@H]([C@@H]3C2=O)[C@H]2[C@@H](c3ccccc3)c3sc(=O)[nH]c3S[C@H]42)cc1. The molecule has 3 fully saturated rings. The quantitative estimate of drug-likeness (QED) is 0.498. The largest absolute Gasteiger partial charge is 0.325 e. The molecule has 1 saturated heterocycles. The van der Waals surface area contributed by atoms with E-state index in [9.17, 15) is 19.2 Å². The lowest BCUT2D eigenvalue weighted by atomic mass is 9.68. The van der Waals surface area contributed by atoms with Crippen molar-refractivity contribution in [2.24, 2.45) is 29.6 Å². The van der Waals surface area contributed by atoms with Crippen LogP contribution in [0.15, 0.2) is 64.4 Å². The molecule has 7 atom stereocenters. The molecule has 4 aliphatic rings. The maximum Gasteiger partial charge on any atom is 0.305 e. The monoisotopic (exact) mass is 531 g/mol. The van der Waals surface area contributed by atoms with E-state index in [0.717, 1.165) is 27.5 Å². The normalized spacial score (nSPS) is 31.3. The van der Waals surface area contributed by atoms with Crippen molar-refractivity contribution < 1.29 is 14.4 Å². The number of thioether (sulfide) groups is 1. The number of amides is 3. The maximum absolute atomic E-state index is 13.7. The first-order valence-corrected chi connectivity index (χ1v) is 14.3. The van der Waals surface area contributed by atoms with Crippen LogP contribution in [0.1, 0.15) is 28.3 Å². The van der Waals surface area contributed by atoms with Gasteiger partial charge in [-0.2, -0.15) is 0 Å². The third-order valence-electron chi connectivity index (χ3n) is 8.61. The standard InChI is InChI=1S/C28H25N3O4S2/c1-13-7-9-15(10-8-13)29-18(32)12-31-26(33)21-16-11-17(22(21)27(31)34)23-20(16)19(14-5-3-2-4-6-14)24-25(36-23)30-28(35)37-24/h2-10,16-17,19-23H,11-12H2,1H3,(H,29,32)(H,30,35)/t16-,17-,19-,20+,21+,22-,23-/m1/s1. The van der Waals surface area contributed by atoms with E-state index >= 15 is 0 Å². The molecule has 0 unspecified atom stereocenters. The maximum atomic E-state index is 13.7. The van der Waals surface area contributed by atoms with E-state index in [0.29, 0.717) is 5.69 Å². The van der Waals surface area contributed by atoms with Crippen molar-refractivity contribution in [3.05, 3.63) is 80.3 Å². The Morgan fingerprint density at radius 1 is 1.00 bits per heavy atom. The summed E-state index contributed by atoms with van der Waals surface area (Å²) in [5.74, 6) is -1.31. The molecule has 2 N–H and O–H groups in total. The number of nitrogens with zero attached hydrogens (tertiary/aromatic N) is 1. The van der Waals surface area contributed by atoms with Crippen LogP contribution in [0.2, 0.25) is 0 Å². The number of aromatic nitrogens is 1. The number of rotatable bonds is 4. The smallest absolute Gasteiger partial charge is 0.305 e. The minimum Gasteiger partial charge on any atom is -0.325 e. The van der Waals surface area contributed by atoms with E-state index in [-0.39, 0.29) is 64.0 Å². The lowest BCUT2D eigenvalue weighted by molar-refractivity contribution is -0.143. The van der Waals surface area contributed by atoms with Crippen LogP contribution < -0.4 is 10.2 Å². The summed E-state index contributed by atoms with van der Waals surface area (Å²) in [4.78, 5) is 57.5. The summed E-state index contributed by atoms with van der Waals surface area (Å²) in [7, 11) is 0. The number of hydrogen-bond acceptors (Lipinski definition) is 6. The third-order valence-corrected chi connectivity index (χ3v) is 11.2. The molecule has 0 radical (unpaired) electrons. The van der Waals surface area contributed by atoms with Gasteiger partial charge in [0, 0.05) is 21.7 Å². The highest BCUT2D eigenvalue weighted by Gasteiger charge is 2.69. The molecule has 3 amide bonds. The lowest BCUT2D eigenvalue weighted by Crippen LogP contribution is -2.42. The molecule has 9 heteroatoms. The Balaban J connectivity index is 1.18. The first kappa shape index (κ1) is 23.0. The summed E-state index contributed by atoms with van der Waals surface area (Å²) in [5.41, 5.74) is 2.87. The Labute approximate surface area is 221 Å². The van der Waals surface area contributed by atoms with E-state index < -0.39 is 5.92 Å². The number of fused-ring (bicyclic) bond motifs is 9. The van der Waals surface area contributed by atoms with Crippen LogP contribution in [0.3, 0.4) is 0 Å². The summed E-state index contributed by atoms with van der Waals surface area (Å²) in [6, 6.07) is 17.6. The number of nitrogens with one attached hydrogen (secondary N) is 2. The summed E-state index contributed by atoms with van der Waals surface area (Å²) in [5, 5.41) is 3.86. The molecule has 188 valence electrons. The van der Waals surface area contributed by atoms with Gasteiger partial charge in [0.25, 0.3) is 0 Å². The predicted molar refractivity (Wildman–Crippen MR) is 141 cm³/mol. The zero-order valence-electron chi connectivity index (χ0n) is 20.0. The molecule has 2 saturated carbocycles. The average Bonchev–Trinajstić information content (AvgIpc) is 3.62. The lowest BCUT2D eigenvalue weighted by Gasteiger charge is -2.43. The predicted octanol–water partition coefficient (Wildman–Crippen LogP) is 3.86. The molecule has 2 aliphatic carbocycles. The van der Waals surface area contributed by atoms with Crippen LogP contribution in [0.5, 0.6) is 0 Å². The van der Waals surface area contributed by atoms with Crippen LogP contribution in [-0.4, -0.2) is 39.4 Å². The van der Waals surface area contributed by atoms with Gasteiger partial charge >= 0.3 is 4.87 Å². The van der Waals surface area contributed by atoms with Crippen LogP contribution in [0.4, 0.5) is 5.69 Å². The summed E-state index contributed by atoms with van der Waals surface area (Å²) >= 11 is 2.93. The van der Waals surface area contributed by atoms with E-state index in [2.05, 4.69) is 22.4 Å². The second-order valence-corrected chi connectivity index (χ2v) is 12.8. The highest BCUT2D eigenvalue weighted by atomic mass is 32.2. The van der Waals surface area contributed by atoms with Gasteiger partial charge < -0.3 is 10.3 Å². The third kappa shape index (κ3) is 3.47.